The van der Waals surface area contributed by atoms with Gasteiger partial charge in [-0.2, -0.15) is 57.1 Å². The number of benzene rings is 1. The Morgan fingerprint density at radius 2 is 1.54 bits per heavy atom. The van der Waals surface area contributed by atoms with Gasteiger partial charge in [-0.3, -0.25) is 9.48 Å². The molecule has 0 aliphatic heterocycles. The number of hydrogen-bond donors (Lipinski definition) is 0. The molecular formula is C29H30F13N3O3. The summed E-state index contributed by atoms with van der Waals surface area (Å²) >= 11 is 0. The predicted octanol–water partition coefficient (Wildman–Crippen LogP) is 8.17. The lowest BCUT2D eigenvalue weighted by Gasteiger charge is -2.54. The molecule has 0 unspecified atom stereocenters. The maximum Gasteiger partial charge on any atom is 0.460 e. The van der Waals surface area contributed by atoms with Crippen molar-refractivity contribution in [3.63, 3.8) is 0 Å². The fraction of sp³-hybridized carbons (Fsp3) is 0.690. The highest BCUT2D eigenvalue weighted by atomic mass is 19.4. The summed E-state index contributed by atoms with van der Waals surface area (Å²) in [5.41, 5.74) is 0.788. The van der Waals surface area contributed by atoms with E-state index in [2.05, 4.69) is 17.2 Å². The first-order chi connectivity index (χ1) is 21.8. The zero-order valence-corrected chi connectivity index (χ0v) is 25.5. The van der Waals surface area contributed by atoms with Crippen molar-refractivity contribution < 1.29 is 71.3 Å². The molecular weight excluding hydrogens is 685 g/mol. The third kappa shape index (κ3) is 5.75. The van der Waals surface area contributed by atoms with Crippen LogP contribution in [0.5, 0.6) is 5.75 Å². The fourth-order valence-corrected chi connectivity index (χ4v) is 6.89. The monoisotopic (exact) mass is 715 g/mol. The molecule has 6 nitrogen and oxygen atoms in total. The fourth-order valence-electron chi connectivity index (χ4n) is 6.89. The topological polar surface area (TPSA) is 66.2 Å². The number of esters is 1. The van der Waals surface area contributed by atoms with Gasteiger partial charge in [-0.1, -0.05) is 24.6 Å². The van der Waals surface area contributed by atoms with Gasteiger partial charge in [-0.25, -0.2) is 0 Å². The van der Waals surface area contributed by atoms with Gasteiger partial charge < -0.3 is 9.47 Å². The van der Waals surface area contributed by atoms with E-state index in [9.17, 15) is 61.9 Å². The van der Waals surface area contributed by atoms with E-state index in [4.69, 9.17) is 9.47 Å². The first-order valence-corrected chi connectivity index (χ1v) is 14.5. The number of rotatable bonds is 11. The molecule has 0 radical (unpaired) electrons. The number of halogens is 13. The van der Waals surface area contributed by atoms with Gasteiger partial charge in [-0.15, -0.1) is 5.10 Å². The Kier molecular flexibility index (Phi) is 9.34. The predicted molar refractivity (Wildman–Crippen MR) is 139 cm³/mol. The highest BCUT2D eigenvalue weighted by Crippen LogP contribution is 2.61. The number of aromatic nitrogens is 3. The van der Waals surface area contributed by atoms with E-state index in [1.807, 2.05) is 13.0 Å². The number of carbonyl (C=O) groups is 1. The van der Waals surface area contributed by atoms with Crippen LogP contribution < -0.4 is 4.74 Å². The minimum Gasteiger partial charge on any atom is -0.487 e. The SMILES string of the molecule is COC(=O)[C@@]1(C)CCC[C@]2(C)c3cc(OCc4cn(CCC(F)(F)C(F)(F)C(F)(F)C(F)(F)C(F)(F)C(F)(F)F)nn4)ccc3CC[C@@H]12. The molecule has 2 aliphatic carbocycles. The molecule has 3 atom stereocenters. The molecule has 2 aliphatic rings. The summed E-state index contributed by atoms with van der Waals surface area (Å²) < 4.78 is 185. The van der Waals surface area contributed by atoms with E-state index in [1.165, 1.54) is 7.11 Å². The summed E-state index contributed by atoms with van der Waals surface area (Å²) in [7, 11) is 1.34. The molecule has 0 saturated heterocycles. The quantitative estimate of drug-likeness (QED) is 0.174. The Labute approximate surface area is 264 Å². The minimum absolute atomic E-state index is 0.0355. The van der Waals surface area contributed by atoms with Crippen LogP contribution in [0.4, 0.5) is 57.1 Å². The normalized spacial score (nSPS) is 24.1. The van der Waals surface area contributed by atoms with E-state index in [-0.39, 0.29) is 24.2 Å². The van der Waals surface area contributed by atoms with Gasteiger partial charge in [0.1, 0.15) is 18.1 Å². The third-order valence-corrected chi connectivity index (χ3v) is 9.61. The molecule has 270 valence electrons. The van der Waals surface area contributed by atoms with Gasteiger partial charge in [0.25, 0.3) is 0 Å². The van der Waals surface area contributed by atoms with Crippen molar-refractivity contribution in [3.05, 3.63) is 41.2 Å². The van der Waals surface area contributed by atoms with Gasteiger partial charge in [0.05, 0.1) is 18.7 Å². The molecule has 1 fully saturated rings. The Hall–Kier alpha value is -3.28. The van der Waals surface area contributed by atoms with E-state index in [0.717, 1.165) is 36.6 Å². The molecule has 1 aromatic carbocycles. The van der Waals surface area contributed by atoms with E-state index < -0.39 is 59.6 Å². The van der Waals surface area contributed by atoms with Gasteiger partial charge >= 0.3 is 41.8 Å². The average Bonchev–Trinajstić information content (AvgIpc) is 3.45. The molecule has 19 heteroatoms. The summed E-state index contributed by atoms with van der Waals surface area (Å²) in [5.74, 6) is -37.1. The average molecular weight is 716 g/mol. The highest BCUT2D eigenvalue weighted by Gasteiger charge is 2.90. The molecule has 0 amide bonds. The molecule has 4 rings (SSSR count). The number of carbonyl (C=O) groups excluding carboxylic acids is 1. The number of nitrogens with zero attached hydrogens (tertiary/aromatic N) is 3. The highest BCUT2D eigenvalue weighted by molar-refractivity contribution is 5.77. The Bertz CT molecular complexity index is 1510. The van der Waals surface area contributed by atoms with Crippen molar-refractivity contribution in [2.45, 2.75) is 107 Å². The Morgan fingerprint density at radius 1 is 0.917 bits per heavy atom. The van der Waals surface area contributed by atoms with Crippen LogP contribution in [0.3, 0.4) is 0 Å². The maximum absolute atomic E-state index is 14.2. The standard InChI is InChI=1S/C29H30F13N3O3/c1-22-9-4-10-23(2,21(46)47-3)20(22)8-6-16-5-7-18(13-19(16)22)48-15-17-14-45(44-43-17)12-11-24(30,31)25(32,33)26(34,35)27(36,37)28(38,39)29(40,41)42/h5,7,13-14,20H,4,6,8-12,15H2,1-3H3/t20-,22-,23+/m1/s1. The molecule has 0 N–H and O–H groups in total. The minimum atomic E-state index is -7.95. The van der Waals surface area contributed by atoms with Crippen LogP contribution in [0.1, 0.15) is 62.8 Å². The van der Waals surface area contributed by atoms with Crippen molar-refractivity contribution >= 4 is 5.97 Å². The van der Waals surface area contributed by atoms with Crippen LogP contribution in [-0.4, -0.2) is 63.9 Å². The lowest BCUT2D eigenvalue weighted by atomic mass is 9.50. The van der Waals surface area contributed by atoms with Crippen LogP contribution in [0.15, 0.2) is 24.4 Å². The molecule has 0 spiro atoms. The van der Waals surface area contributed by atoms with Crippen molar-refractivity contribution in [1.82, 2.24) is 15.0 Å². The molecule has 0 bridgehead atoms. The van der Waals surface area contributed by atoms with Gasteiger partial charge in [0.15, 0.2) is 0 Å². The largest absolute Gasteiger partial charge is 0.487 e. The summed E-state index contributed by atoms with van der Waals surface area (Å²) in [6.07, 6.45) is -5.39. The van der Waals surface area contributed by atoms with Crippen LogP contribution >= 0.6 is 0 Å². The lowest BCUT2D eigenvalue weighted by Crippen LogP contribution is -2.70. The number of alkyl halides is 13. The number of hydrogen-bond acceptors (Lipinski definition) is 5. The van der Waals surface area contributed by atoms with E-state index in [1.54, 1.807) is 12.1 Å². The molecule has 2 aromatic rings. The summed E-state index contributed by atoms with van der Waals surface area (Å²) in [6.45, 7) is 2.16. The smallest absolute Gasteiger partial charge is 0.460 e. The van der Waals surface area contributed by atoms with Crippen molar-refractivity contribution in [2.24, 2.45) is 11.3 Å². The van der Waals surface area contributed by atoms with E-state index in [0.29, 0.717) is 23.3 Å². The van der Waals surface area contributed by atoms with Gasteiger partial charge in [0, 0.05) is 13.0 Å². The zero-order valence-electron chi connectivity index (χ0n) is 25.5. The van der Waals surface area contributed by atoms with Crippen LogP contribution in [0.2, 0.25) is 0 Å². The van der Waals surface area contributed by atoms with Gasteiger partial charge in [0.2, 0.25) is 0 Å². The number of methoxy groups -OCH3 is 1. The van der Waals surface area contributed by atoms with Crippen LogP contribution in [0.25, 0.3) is 0 Å². The second kappa shape index (κ2) is 11.9. The lowest BCUT2D eigenvalue weighted by molar-refractivity contribution is -0.440. The first kappa shape index (κ1) is 37.5. The van der Waals surface area contributed by atoms with Gasteiger partial charge in [-0.05, 0) is 67.2 Å². The summed E-state index contributed by atoms with van der Waals surface area (Å²) in [6, 6.07) is 5.28. The second-order valence-corrected chi connectivity index (χ2v) is 12.6. The number of aryl methyl sites for hydroxylation is 2. The molecule has 48 heavy (non-hydrogen) atoms. The van der Waals surface area contributed by atoms with E-state index >= 15 is 0 Å². The Morgan fingerprint density at radius 3 is 2.15 bits per heavy atom. The van der Waals surface area contributed by atoms with Crippen molar-refractivity contribution in [1.29, 1.82) is 0 Å². The number of ether oxygens (including phenoxy) is 2. The first-order valence-electron chi connectivity index (χ1n) is 14.5. The maximum atomic E-state index is 14.2. The molecule has 1 heterocycles. The van der Waals surface area contributed by atoms with Crippen molar-refractivity contribution in [3.8, 4) is 5.75 Å². The molecule has 1 aromatic heterocycles. The summed E-state index contributed by atoms with van der Waals surface area (Å²) in [5, 5.41) is 6.90. The number of fused-ring (bicyclic) bond motifs is 3. The molecule has 1 saturated carbocycles. The van der Waals surface area contributed by atoms with Crippen LogP contribution in [-0.2, 0) is 34.5 Å². The van der Waals surface area contributed by atoms with Crippen LogP contribution in [0, 0.1) is 11.3 Å². The third-order valence-electron chi connectivity index (χ3n) is 9.61. The Balaban J connectivity index is 1.45. The zero-order chi connectivity index (χ0) is 36.4. The van der Waals surface area contributed by atoms with Crippen molar-refractivity contribution in [2.75, 3.05) is 7.11 Å². The summed E-state index contributed by atoms with van der Waals surface area (Å²) in [4.78, 5) is 12.8. The second-order valence-electron chi connectivity index (χ2n) is 12.6.